The van der Waals surface area contributed by atoms with Crippen LogP contribution in [0.25, 0.3) is 22.3 Å². The normalized spacial score (nSPS) is 13.3. The highest BCUT2D eigenvalue weighted by molar-refractivity contribution is 5.97. The quantitative estimate of drug-likeness (QED) is 0.245. The summed E-state index contributed by atoms with van der Waals surface area (Å²) in [7, 11) is 1.22. The van der Waals surface area contributed by atoms with E-state index in [4.69, 9.17) is 9.47 Å². The first-order valence-corrected chi connectivity index (χ1v) is 13.7. The number of hydrogen-bond donors (Lipinski definition) is 3. The fourth-order valence-corrected chi connectivity index (χ4v) is 5.27. The number of hydrogen-bond acceptors (Lipinski definition) is 6. The van der Waals surface area contributed by atoms with Crippen molar-refractivity contribution in [2.45, 2.75) is 31.5 Å². The maximum absolute atomic E-state index is 13.0. The summed E-state index contributed by atoms with van der Waals surface area (Å²) in [5, 5.41) is 14.6. The Morgan fingerprint density at radius 3 is 1.88 bits per heavy atom. The van der Waals surface area contributed by atoms with Crippen LogP contribution in [0.1, 0.15) is 39.9 Å². The SMILES string of the molecule is COC(=O)[C@@H](NC(=O)c1ccc(-c2ccc(CO)cc2)cc1)[C@@H](C)NC(=O)OCC1c2ccccc2-c2ccccc21. The third kappa shape index (κ3) is 6.04. The second kappa shape index (κ2) is 12.7. The van der Waals surface area contributed by atoms with Crippen LogP contribution in [-0.4, -0.2) is 48.9 Å². The lowest BCUT2D eigenvalue weighted by molar-refractivity contribution is -0.143. The first-order valence-electron chi connectivity index (χ1n) is 13.7. The van der Waals surface area contributed by atoms with Crippen LogP contribution in [0.15, 0.2) is 97.1 Å². The molecule has 42 heavy (non-hydrogen) atoms. The molecule has 3 N–H and O–H groups in total. The lowest BCUT2D eigenvalue weighted by atomic mass is 9.98. The van der Waals surface area contributed by atoms with E-state index in [9.17, 15) is 19.5 Å². The Morgan fingerprint density at radius 1 is 0.786 bits per heavy atom. The van der Waals surface area contributed by atoms with Gasteiger partial charge in [0, 0.05) is 11.5 Å². The van der Waals surface area contributed by atoms with E-state index in [-0.39, 0.29) is 19.1 Å². The predicted molar refractivity (Wildman–Crippen MR) is 159 cm³/mol. The van der Waals surface area contributed by atoms with Gasteiger partial charge in [-0.3, -0.25) is 4.79 Å². The highest BCUT2D eigenvalue weighted by atomic mass is 16.5. The molecule has 0 heterocycles. The van der Waals surface area contributed by atoms with Crippen LogP contribution in [0.2, 0.25) is 0 Å². The number of methoxy groups -OCH3 is 1. The number of nitrogens with one attached hydrogen (secondary N) is 2. The van der Waals surface area contributed by atoms with Crippen molar-refractivity contribution in [2.24, 2.45) is 0 Å². The molecule has 0 aliphatic heterocycles. The molecule has 0 fully saturated rings. The monoisotopic (exact) mass is 564 g/mol. The van der Waals surface area contributed by atoms with Crippen LogP contribution in [0.5, 0.6) is 0 Å². The van der Waals surface area contributed by atoms with Crippen LogP contribution in [0.4, 0.5) is 4.79 Å². The van der Waals surface area contributed by atoms with E-state index in [0.717, 1.165) is 38.9 Å². The molecule has 0 spiro atoms. The van der Waals surface area contributed by atoms with Gasteiger partial charge in [-0.2, -0.15) is 0 Å². The van der Waals surface area contributed by atoms with E-state index < -0.39 is 30.1 Å². The van der Waals surface area contributed by atoms with Gasteiger partial charge in [-0.15, -0.1) is 0 Å². The van der Waals surface area contributed by atoms with Gasteiger partial charge >= 0.3 is 12.1 Å². The van der Waals surface area contributed by atoms with E-state index in [2.05, 4.69) is 22.8 Å². The second-order valence-corrected chi connectivity index (χ2v) is 10.2. The minimum atomic E-state index is -1.14. The topological polar surface area (TPSA) is 114 Å². The summed E-state index contributed by atoms with van der Waals surface area (Å²) in [6, 6.07) is 28.5. The molecule has 1 aliphatic carbocycles. The van der Waals surface area contributed by atoms with Gasteiger partial charge in [0.15, 0.2) is 0 Å². The van der Waals surface area contributed by atoms with E-state index in [1.807, 2.05) is 60.7 Å². The molecule has 0 unspecified atom stereocenters. The fourth-order valence-electron chi connectivity index (χ4n) is 5.27. The van der Waals surface area contributed by atoms with Crippen molar-refractivity contribution in [1.29, 1.82) is 0 Å². The number of benzene rings is 4. The zero-order chi connectivity index (χ0) is 29.6. The Bertz CT molecular complexity index is 1540. The molecule has 2 atom stereocenters. The Morgan fingerprint density at radius 2 is 1.33 bits per heavy atom. The first kappa shape index (κ1) is 28.6. The number of esters is 1. The minimum Gasteiger partial charge on any atom is -0.467 e. The highest BCUT2D eigenvalue weighted by Gasteiger charge is 2.32. The summed E-state index contributed by atoms with van der Waals surface area (Å²) >= 11 is 0. The van der Waals surface area contributed by atoms with E-state index in [1.165, 1.54) is 7.11 Å². The van der Waals surface area contributed by atoms with Crippen LogP contribution in [0.3, 0.4) is 0 Å². The van der Waals surface area contributed by atoms with Crippen LogP contribution in [0, 0.1) is 0 Å². The summed E-state index contributed by atoms with van der Waals surface area (Å²) in [6.45, 7) is 1.69. The highest BCUT2D eigenvalue weighted by Crippen LogP contribution is 2.44. The molecule has 0 saturated heterocycles. The number of aliphatic hydroxyl groups is 1. The number of carbonyl (C=O) groups excluding carboxylic acids is 3. The van der Waals surface area contributed by atoms with Crippen molar-refractivity contribution in [3.05, 3.63) is 119 Å². The number of amides is 2. The lowest BCUT2D eigenvalue weighted by Crippen LogP contribution is -2.54. The summed E-state index contributed by atoms with van der Waals surface area (Å²) in [4.78, 5) is 38.4. The molecular weight excluding hydrogens is 532 g/mol. The maximum Gasteiger partial charge on any atom is 0.407 e. The second-order valence-electron chi connectivity index (χ2n) is 10.2. The molecule has 4 aromatic carbocycles. The molecule has 0 saturated carbocycles. The summed E-state index contributed by atoms with van der Waals surface area (Å²) in [5.74, 6) is -1.30. The van der Waals surface area contributed by atoms with E-state index in [1.54, 1.807) is 31.2 Å². The summed E-state index contributed by atoms with van der Waals surface area (Å²) < 4.78 is 10.5. The molecule has 8 nitrogen and oxygen atoms in total. The van der Waals surface area contributed by atoms with Gasteiger partial charge in [-0.25, -0.2) is 9.59 Å². The third-order valence-corrected chi connectivity index (χ3v) is 7.55. The van der Waals surface area contributed by atoms with Gasteiger partial charge in [-0.05, 0) is 58.0 Å². The molecule has 0 aromatic heterocycles. The zero-order valence-corrected chi connectivity index (χ0v) is 23.4. The Balaban J connectivity index is 1.21. The van der Waals surface area contributed by atoms with Gasteiger partial charge in [0.1, 0.15) is 12.6 Å². The third-order valence-electron chi connectivity index (χ3n) is 7.55. The van der Waals surface area contributed by atoms with Crippen molar-refractivity contribution >= 4 is 18.0 Å². The van der Waals surface area contributed by atoms with Gasteiger partial charge < -0.3 is 25.2 Å². The zero-order valence-electron chi connectivity index (χ0n) is 23.4. The molecule has 2 amide bonds. The van der Waals surface area contributed by atoms with Crippen LogP contribution >= 0.6 is 0 Å². The molecule has 0 radical (unpaired) electrons. The number of rotatable bonds is 9. The lowest BCUT2D eigenvalue weighted by Gasteiger charge is -2.24. The Kier molecular flexibility index (Phi) is 8.64. The van der Waals surface area contributed by atoms with Crippen molar-refractivity contribution in [2.75, 3.05) is 13.7 Å². The standard InChI is InChI=1S/C34H32N2O6/c1-21(35-34(40)42-20-30-28-9-5-3-7-26(28)27-8-4-6-10-29(27)30)31(33(39)41-2)36-32(38)25-17-15-24(16-18-25)23-13-11-22(19-37)12-14-23/h3-18,21,30-31,37H,19-20H2,1-2H3,(H,35,40)(H,36,38)/t21-,31+/m1/s1. The van der Waals surface area contributed by atoms with Gasteiger partial charge in [0.2, 0.25) is 0 Å². The number of ether oxygens (including phenoxy) is 2. The summed E-state index contributed by atoms with van der Waals surface area (Å²) in [6.07, 6.45) is -0.705. The molecule has 1 aliphatic rings. The average Bonchev–Trinajstić information content (AvgIpc) is 3.35. The molecule has 214 valence electrons. The molecule has 8 heteroatoms. The van der Waals surface area contributed by atoms with Crippen molar-refractivity contribution < 1.29 is 29.0 Å². The molecule has 0 bridgehead atoms. The van der Waals surface area contributed by atoms with Gasteiger partial charge in [0.05, 0.1) is 19.8 Å². The molecule has 4 aromatic rings. The van der Waals surface area contributed by atoms with Crippen molar-refractivity contribution in [3.8, 4) is 22.3 Å². The summed E-state index contributed by atoms with van der Waals surface area (Å²) in [5.41, 5.74) is 7.41. The fraction of sp³-hybridized carbons (Fsp3) is 0.206. The molecule has 5 rings (SSSR count). The Labute approximate surface area is 244 Å². The number of fused-ring (bicyclic) bond motifs is 3. The smallest absolute Gasteiger partial charge is 0.407 e. The van der Waals surface area contributed by atoms with E-state index in [0.29, 0.717) is 5.56 Å². The van der Waals surface area contributed by atoms with Gasteiger partial charge in [0.25, 0.3) is 5.91 Å². The van der Waals surface area contributed by atoms with Crippen LogP contribution < -0.4 is 10.6 Å². The van der Waals surface area contributed by atoms with Crippen molar-refractivity contribution in [1.82, 2.24) is 10.6 Å². The number of aliphatic hydroxyl groups excluding tert-OH is 1. The van der Waals surface area contributed by atoms with Crippen LogP contribution in [-0.2, 0) is 20.9 Å². The Hall–Kier alpha value is -4.95. The first-order chi connectivity index (χ1) is 20.4. The average molecular weight is 565 g/mol. The largest absolute Gasteiger partial charge is 0.467 e. The number of carbonyl (C=O) groups is 3. The van der Waals surface area contributed by atoms with Gasteiger partial charge in [-0.1, -0.05) is 84.9 Å². The minimum absolute atomic E-state index is 0.0324. The predicted octanol–water partition coefficient (Wildman–Crippen LogP) is 5.04. The van der Waals surface area contributed by atoms with Crippen molar-refractivity contribution in [3.63, 3.8) is 0 Å². The maximum atomic E-state index is 13.0. The number of alkyl carbamates (subject to hydrolysis) is 1. The molecular formula is C34H32N2O6. The van der Waals surface area contributed by atoms with E-state index >= 15 is 0 Å².